The second-order valence-corrected chi connectivity index (χ2v) is 7.33. The fraction of sp³-hybridized carbons (Fsp3) is 0.286. The standard InChI is InChI=1S/C21H22FN7O/c1-13-8-9-29(21-25-27-28(3)26-21)12-18(13)15-4-6-16(7-5-15)24-20(30)17-10-23-11-19(22)14(17)2/h4-7,10-11H,8-9,12H2,1-3H3,(H,24,30). The number of aromatic nitrogens is 5. The zero-order valence-electron chi connectivity index (χ0n) is 17.1. The predicted molar refractivity (Wildman–Crippen MR) is 112 cm³/mol. The maximum atomic E-state index is 13.7. The molecule has 1 aliphatic rings. The van der Waals surface area contributed by atoms with Crippen LogP contribution in [-0.2, 0) is 7.05 Å². The van der Waals surface area contributed by atoms with Crippen molar-refractivity contribution in [1.29, 1.82) is 0 Å². The molecule has 4 rings (SSSR count). The molecule has 0 aliphatic carbocycles. The summed E-state index contributed by atoms with van der Waals surface area (Å²) < 4.78 is 13.7. The molecule has 0 saturated heterocycles. The van der Waals surface area contributed by atoms with Gasteiger partial charge in [-0.1, -0.05) is 22.8 Å². The number of carbonyl (C=O) groups is 1. The van der Waals surface area contributed by atoms with Gasteiger partial charge in [0.05, 0.1) is 18.8 Å². The summed E-state index contributed by atoms with van der Waals surface area (Å²) in [4.78, 5) is 19.8. The lowest BCUT2D eigenvalue weighted by molar-refractivity contribution is 0.102. The van der Waals surface area contributed by atoms with Gasteiger partial charge in [0.15, 0.2) is 0 Å². The second-order valence-electron chi connectivity index (χ2n) is 7.33. The van der Waals surface area contributed by atoms with Crippen molar-refractivity contribution in [2.24, 2.45) is 7.05 Å². The summed E-state index contributed by atoms with van der Waals surface area (Å²) in [6.45, 7) is 5.23. The minimum Gasteiger partial charge on any atom is -0.334 e. The third-order valence-corrected chi connectivity index (χ3v) is 5.29. The molecule has 154 valence electrons. The number of carbonyl (C=O) groups excluding carboxylic acids is 1. The van der Waals surface area contributed by atoms with Gasteiger partial charge in [0.2, 0.25) is 0 Å². The van der Waals surface area contributed by atoms with Gasteiger partial charge < -0.3 is 10.2 Å². The summed E-state index contributed by atoms with van der Waals surface area (Å²) in [6, 6.07) is 7.63. The summed E-state index contributed by atoms with van der Waals surface area (Å²) >= 11 is 0. The van der Waals surface area contributed by atoms with Crippen LogP contribution in [0.15, 0.2) is 42.2 Å². The van der Waals surface area contributed by atoms with Crippen molar-refractivity contribution in [3.63, 3.8) is 0 Å². The molecule has 0 unspecified atom stereocenters. The van der Waals surface area contributed by atoms with Crippen molar-refractivity contribution < 1.29 is 9.18 Å². The average molecular weight is 407 g/mol. The minimum absolute atomic E-state index is 0.219. The minimum atomic E-state index is -0.500. The first-order valence-electron chi connectivity index (χ1n) is 9.62. The fourth-order valence-corrected chi connectivity index (χ4v) is 3.45. The first-order valence-corrected chi connectivity index (χ1v) is 9.62. The van der Waals surface area contributed by atoms with E-state index in [2.05, 4.69) is 37.5 Å². The van der Waals surface area contributed by atoms with Gasteiger partial charge in [0.25, 0.3) is 11.9 Å². The molecule has 3 heterocycles. The number of pyridine rings is 1. The molecule has 0 radical (unpaired) electrons. The lowest BCUT2D eigenvalue weighted by Crippen LogP contribution is -2.31. The summed E-state index contributed by atoms with van der Waals surface area (Å²) in [5, 5.41) is 15.1. The van der Waals surface area contributed by atoms with E-state index in [0.29, 0.717) is 18.2 Å². The molecule has 0 bridgehead atoms. The summed E-state index contributed by atoms with van der Waals surface area (Å²) in [5.74, 6) is -0.273. The van der Waals surface area contributed by atoms with Crippen LogP contribution in [0.4, 0.5) is 16.0 Å². The Balaban J connectivity index is 1.50. The van der Waals surface area contributed by atoms with Crippen LogP contribution in [-0.4, -0.2) is 44.2 Å². The number of nitrogens with one attached hydrogen (secondary N) is 1. The van der Waals surface area contributed by atoms with Gasteiger partial charge in [-0.25, -0.2) is 4.39 Å². The molecule has 1 aromatic carbocycles. The van der Waals surface area contributed by atoms with E-state index in [9.17, 15) is 9.18 Å². The summed E-state index contributed by atoms with van der Waals surface area (Å²) in [7, 11) is 1.75. The molecule has 0 spiro atoms. The SMILES string of the molecule is CC1=C(c2ccc(NC(=O)c3cncc(F)c3C)cc2)CN(c2nnn(C)n2)CC1. The molecule has 1 aliphatic heterocycles. The van der Waals surface area contributed by atoms with Crippen molar-refractivity contribution >= 4 is 23.1 Å². The Morgan fingerprint density at radius 3 is 2.63 bits per heavy atom. The Bertz CT molecular complexity index is 1120. The number of hydrogen-bond acceptors (Lipinski definition) is 6. The number of benzene rings is 1. The zero-order valence-corrected chi connectivity index (χ0v) is 17.1. The normalized spacial score (nSPS) is 14.2. The van der Waals surface area contributed by atoms with E-state index in [1.807, 2.05) is 24.3 Å². The topological polar surface area (TPSA) is 88.8 Å². The first-order chi connectivity index (χ1) is 14.4. The molecule has 3 aromatic rings. The van der Waals surface area contributed by atoms with Crippen LogP contribution in [0, 0.1) is 12.7 Å². The number of nitrogens with zero attached hydrogens (tertiary/aromatic N) is 6. The molecular formula is C21H22FN7O. The highest BCUT2D eigenvalue weighted by Crippen LogP contribution is 2.29. The van der Waals surface area contributed by atoms with Gasteiger partial charge in [0, 0.05) is 30.5 Å². The molecule has 1 N–H and O–H groups in total. The van der Waals surface area contributed by atoms with Crippen LogP contribution in [0.25, 0.3) is 5.57 Å². The molecule has 9 heteroatoms. The van der Waals surface area contributed by atoms with Crippen LogP contribution in [0.5, 0.6) is 0 Å². The first kappa shape index (κ1) is 19.7. The lowest BCUT2D eigenvalue weighted by atomic mass is 9.95. The van der Waals surface area contributed by atoms with Crippen molar-refractivity contribution in [3.8, 4) is 0 Å². The highest BCUT2D eigenvalue weighted by Gasteiger charge is 2.21. The van der Waals surface area contributed by atoms with Gasteiger partial charge in [-0.2, -0.15) is 4.80 Å². The van der Waals surface area contributed by atoms with E-state index < -0.39 is 5.82 Å². The Labute approximate surface area is 173 Å². The molecule has 0 fully saturated rings. The number of rotatable bonds is 4. The van der Waals surface area contributed by atoms with Crippen LogP contribution in [0.3, 0.4) is 0 Å². The largest absolute Gasteiger partial charge is 0.334 e. The predicted octanol–water partition coefficient (Wildman–Crippen LogP) is 2.99. The van der Waals surface area contributed by atoms with Crippen molar-refractivity contribution in [3.05, 3.63) is 64.7 Å². The third-order valence-electron chi connectivity index (χ3n) is 5.29. The Morgan fingerprint density at radius 1 is 1.17 bits per heavy atom. The molecule has 1 amide bonds. The van der Waals surface area contributed by atoms with Gasteiger partial charge in [-0.05, 0) is 48.8 Å². The van der Waals surface area contributed by atoms with Gasteiger partial charge >= 0.3 is 0 Å². The fourth-order valence-electron chi connectivity index (χ4n) is 3.45. The smallest absolute Gasteiger partial charge is 0.266 e. The number of amides is 1. The number of aryl methyl sites for hydroxylation is 1. The van der Waals surface area contributed by atoms with Crippen LogP contribution < -0.4 is 10.2 Å². The van der Waals surface area contributed by atoms with E-state index in [4.69, 9.17) is 0 Å². The third kappa shape index (κ3) is 3.91. The van der Waals surface area contributed by atoms with Crippen molar-refractivity contribution in [1.82, 2.24) is 25.2 Å². The second kappa shape index (κ2) is 8.02. The Hall–Kier alpha value is -3.62. The van der Waals surface area contributed by atoms with Crippen LogP contribution in [0.2, 0.25) is 0 Å². The van der Waals surface area contributed by atoms with Crippen molar-refractivity contribution in [2.45, 2.75) is 20.3 Å². The molecular weight excluding hydrogens is 385 g/mol. The zero-order chi connectivity index (χ0) is 21.3. The van der Waals surface area contributed by atoms with E-state index in [1.165, 1.54) is 22.1 Å². The molecule has 0 saturated carbocycles. The number of tetrazole rings is 1. The molecule has 0 atom stereocenters. The molecule has 2 aromatic heterocycles. The maximum Gasteiger partial charge on any atom is 0.266 e. The maximum absolute atomic E-state index is 13.7. The van der Waals surface area contributed by atoms with Crippen LogP contribution in [0.1, 0.15) is 34.8 Å². The van der Waals surface area contributed by atoms with E-state index in [0.717, 1.165) is 24.7 Å². The lowest BCUT2D eigenvalue weighted by Gasteiger charge is -2.29. The number of halogens is 1. The highest BCUT2D eigenvalue weighted by atomic mass is 19.1. The van der Waals surface area contributed by atoms with Gasteiger partial charge in [0.1, 0.15) is 5.82 Å². The van der Waals surface area contributed by atoms with Gasteiger partial charge in [-0.15, -0.1) is 5.10 Å². The monoisotopic (exact) mass is 407 g/mol. The van der Waals surface area contributed by atoms with Crippen LogP contribution >= 0.6 is 0 Å². The van der Waals surface area contributed by atoms with E-state index in [1.54, 1.807) is 14.0 Å². The number of anilines is 2. The summed E-state index contributed by atoms with van der Waals surface area (Å²) in [5.41, 5.74) is 4.72. The average Bonchev–Trinajstić information content (AvgIpc) is 3.17. The van der Waals surface area contributed by atoms with E-state index >= 15 is 0 Å². The highest BCUT2D eigenvalue weighted by molar-refractivity contribution is 6.05. The molecule has 30 heavy (non-hydrogen) atoms. The quantitative estimate of drug-likeness (QED) is 0.715. The van der Waals surface area contributed by atoms with E-state index in [-0.39, 0.29) is 17.0 Å². The van der Waals surface area contributed by atoms with Crippen molar-refractivity contribution in [2.75, 3.05) is 23.3 Å². The molecule has 8 nitrogen and oxygen atoms in total. The number of hydrogen-bond donors (Lipinski definition) is 1. The Morgan fingerprint density at radius 2 is 1.93 bits per heavy atom. The summed E-state index contributed by atoms with van der Waals surface area (Å²) in [6.07, 6.45) is 3.38. The van der Waals surface area contributed by atoms with Gasteiger partial charge in [-0.3, -0.25) is 9.78 Å². The Kier molecular flexibility index (Phi) is 5.26.